The van der Waals surface area contributed by atoms with E-state index in [2.05, 4.69) is 42.0 Å². The number of benzene rings is 2. The lowest BCUT2D eigenvalue weighted by atomic mass is 10.1. The summed E-state index contributed by atoms with van der Waals surface area (Å²) in [4.78, 5) is 27.0. The van der Waals surface area contributed by atoms with E-state index < -0.39 is 0 Å². The van der Waals surface area contributed by atoms with Crippen molar-refractivity contribution in [1.82, 2.24) is 20.2 Å². The average Bonchev–Trinajstić information content (AvgIpc) is 2.84. The van der Waals surface area contributed by atoms with Crippen LogP contribution in [0.3, 0.4) is 0 Å². The lowest BCUT2D eigenvalue weighted by Crippen LogP contribution is -2.48. The van der Waals surface area contributed by atoms with E-state index in [1.807, 2.05) is 30.3 Å². The molecular formula is C26H32ClN5O. The van der Waals surface area contributed by atoms with Crippen molar-refractivity contribution in [2.24, 2.45) is 0 Å². The Morgan fingerprint density at radius 3 is 2.36 bits per heavy atom. The lowest BCUT2D eigenvalue weighted by molar-refractivity contribution is 0.0948. The molecule has 2 heterocycles. The van der Waals surface area contributed by atoms with Gasteiger partial charge in [-0.1, -0.05) is 31.5 Å². The number of nitrogens with one attached hydrogen (secondary N) is 1. The second-order valence-corrected chi connectivity index (χ2v) is 8.98. The van der Waals surface area contributed by atoms with Gasteiger partial charge in [-0.2, -0.15) is 0 Å². The number of amides is 1. The summed E-state index contributed by atoms with van der Waals surface area (Å²) in [6, 6.07) is 11.6. The van der Waals surface area contributed by atoms with Crippen LogP contribution < -0.4 is 10.2 Å². The summed E-state index contributed by atoms with van der Waals surface area (Å²) in [6.07, 6.45) is 1.70. The molecule has 0 saturated carbocycles. The number of fused-ring (bicyclic) bond motifs is 1. The van der Waals surface area contributed by atoms with Crippen LogP contribution in [0.2, 0.25) is 5.02 Å². The monoisotopic (exact) mass is 465 g/mol. The topological polar surface area (TPSA) is 61.4 Å². The predicted octanol–water partition coefficient (Wildman–Crippen LogP) is 4.27. The number of anilines is 1. The van der Waals surface area contributed by atoms with Gasteiger partial charge < -0.3 is 10.2 Å². The van der Waals surface area contributed by atoms with Crippen molar-refractivity contribution in [3.63, 3.8) is 0 Å². The lowest BCUT2D eigenvalue weighted by Gasteiger charge is -2.36. The highest BCUT2D eigenvalue weighted by molar-refractivity contribution is 6.30. The van der Waals surface area contributed by atoms with Crippen molar-refractivity contribution in [2.75, 3.05) is 44.2 Å². The largest absolute Gasteiger partial charge is 0.369 e. The molecule has 1 fully saturated rings. The summed E-state index contributed by atoms with van der Waals surface area (Å²) >= 11 is 6.19. The van der Waals surface area contributed by atoms with Gasteiger partial charge in [-0.05, 0) is 55.7 Å². The first kappa shape index (κ1) is 23.5. The summed E-state index contributed by atoms with van der Waals surface area (Å²) in [5, 5.41) is 3.84. The molecule has 0 bridgehead atoms. The smallest absolute Gasteiger partial charge is 0.251 e. The Morgan fingerprint density at radius 1 is 0.970 bits per heavy atom. The molecule has 2 aromatic carbocycles. The normalized spacial score (nSPS) is 14.6. The Labute approximate surface area is 201 Å². The van der Waals surface area contributed by atoms with Gasteiger partial charge in [-0.25, -0.2) is 9.97 Å². The second kappa shape index (κ2) is 10.5. The van der Waals surface area contributed by atoms with Crippen LogP contribution in [0.4, 0.5) is 5.69 Å². The number of halogens is 1. The number of rotatable bonds is 7. The van der Waals surface area contributed by atoms with Crippen LogP contribution in [0.5, 0.6) is 0 Å². The SMILES string of the molecule is CCc1nc2ccc(C(=O)NCCN3CCN(c4cc(Cl)ccc4C)CC3)cc2nc1CC. The number of piperazine rings is 1. The molecule has 7 heteroatoms. The van der Waals surface area contributed by atoms with Gasteiger partial charge in [-0.3, -0.25) is 9.69 Å². The molecule has 0 radical (unpaired) electrons. The first-order valence-corrected chi connectivity index (χ1v) is 12.2. The van der Waals surface area contributed by atoms with Gasteiger partial charge >= 0.3 is 0 Å². The van der Waals surface area contributed by atoms with Crippen molar-refractivity contribution in [1.29, 1.82) is 0 Å². The summed E-state index contributed by atoms with van der Waals surface area (Å²) in [5.41, 5.74) is 6.76. The minimum Gasteiger partial charge on any atom is -0.369 e. The third kappa shape index (κ3) is 5.45. The molecule has 0 aliphatic carbocycles. The van der Waals surface area contributed by atoms with Crippen molar-refractivity contribution in [3.05, 3.63) is 63.9 Å². The van der Waals surface area contributed by atoms with Gasteiger partial charge in [0.15, 0.2) is 0 Å². The van der Waals surface area contributed by atoms with Crippen molar-refractivity contribution >= 4 is 34.2 Å². The maximum Gasteiger partial charge on any atom is 0.251 e. The van der Waals surface area contributed by atoms with Crippen LogP contribution in [0.15, 0.2) is 36.4 Å². The molecule has 1 aliphatic rings. The summed E-state index contributed by atoms with van der Waals surface area (Å²) in [6.45, 7) is 11.6. The number of carbonyl (C=O) groups excluding carboxylic acids is 1. The molecule has 1 N–H and O–H groups in total. The minimum atomic E-state index is -0.0653. The zero-order chi connectivity index (χ0) is 23.4. The Hall–Kier alpha value is -2.70. The molecule has 1 amide bonds. The average molecular weight is 466 g/mol. The number of hydrogen-bond donors (Lipinski definition) is 1. The van der Waals surface area contributed by atoms with E-state index >= 15 is 0 Å². The fraction of sp³-hybridized carbons (Fsp3) is 0.423. The van der Waals surface area contributed by atoms with Gasteiger partial charge in [0.2, 0.25) is 0 Å². The summed E-state index contributed by atoms with van der Waals surface area (Å²) in [5.74, 6) is -0.0653. The molecule has 1 aliphatic heterocycles. The third-order valence-corrected chi connectivity index (χ3v) is 6.58. The van der Waals surface area contributed by atoms with Crippen LogP contribution in [0.25, 0.3) is 11.0 Å². The number of carbonyl (C=O) groups is 1. The van der Waals surface area contributed by atoms with Crippen molar-refractivity contribution < 1.29 is 4.79 Å². The van der Waals surface area contributed by atoms with Gasteiger partial charge in [0, 0.05) is 55.5 Å². The highest BCUT2D eigenvalue weighted by Crippen LogP contribution is 2.25. The molecule has 3 aromatic rings. The standard InChI is InChI=1S/C26H32ClN5O/c1-4-21-22(5-2)30-24-16-19(7-9-23(24)29-21)26(33)28-10-11-31-12-14-32(15-13-31)25-17-20(27)8-6-18(25)3/h6-9,16-17H,4-5,10-15H2,1-3H3,(H,28,33). The molecule has 33 heavy (non-hydrogen) atoms. The predicted molar refractivity (Wildman–Crippen MR) is 135 cm³/mol. The van der Waals surface area contributed by atoms with E-state index in [1.54, 1.807) is 0 Å². The van der Waals surface area contributed by atoms with E-state index in [0.29, 0.717) is 12.1 Å². The molecule has 6 nitrogen and oxygen atoms in total. The summed E-state index contributed by atoms with van der Waals surface area (Å²) < 4.78 is 0. The quantitative estimate of drug-likeness (QED) is 0.564. The van der Waals surface area contributed by atoms with E-state index in [9.17, 15) is 4.79 Å². The van der Waals surface area contributed by atoms with Gasteiger partial charge in [0.25, 0.3) is 5.91 Å². The molecule has 0 spiro atoms. The van der Waals surface area contributed by atoms with E-state index in [4.69, 9.17) is 21.6 Å². The van der Waals surface area contributed by atoms with Gasteiger partial charge in [0.1, 0.15) is 0 Å². The molecule has 0 atom stereocenters. The number of hydrogen-bond acceptors (Lipinski definition) is 5. The molecule has 0 unspecified atom stereocenters. The minimum absolute atomic E-state index is 0.0653. The Morgan fingerprint density at radius 2 is 1.67 bits per heavy atom. The van der Waals surface area contributed by atoms with Crippen LogP contribution in [0, 0.1) is 6.92 Å². The van der Waals surface area contributed by atoms with Gasteiger partial charge in [0.05, 0.1) is 22.4 Å². The molecule has 1 saturated heterocycles. The van der Waals surface area contributed by atoms with Crippen molar-refractivity contribution in [3.8, 4) is 0 Å². The zero-order valence-electron chi connectivity index (χ0n) is 19.7. The van der Waals surface area contributed by atoms with Crippen LogP contribution >= 0.6 is 11.6 Å². The fourth-order valence-electron chi connectivity index (χ4n) is 4.40. The molecule has 4 rings (SSSR count). The van der Waals surface area contributed by atoms with E-state index in [1.165, 1.54) is 11.3 Å². The van der Waals surface area contributed by atoms with E-state index in [0.717, 1.165) is 73.0 Å². The summed E-state index contributed by atoms with van der Waals surface area (Å²) in [7, 11) is 0. The highest BCUT2D eigenvalue weighted by atomic mass is 35.5. The number of aryl methyl sites for hydroxylation is 3. The van der Waals surface area contributed by atoms with E-state index in [-0.39, 0.29) is 5.91 Å². The zero-order valence-corrected chi connectivity index (χ0v) is 20.5. The first-order chi connectivity index (χ1) is 16.0. The fourth-order valence-corrected chi connectivity index (χ4v) is 4.57. The molecule has 1 aromatic heterocycles. The van der Waals surface area contributed by atoms with Crippen LogP contribution in [-0.4, -0.2) is 60.0 Å². The Bertz CT molecular complexity index is 1140. The number of nitrogens with zero attached hydrogens (tertiary/aromatic N) is 4. The molecular weight excluding hydrogens is 434 g/mol. The second-order valence-electron chi connectivity index (χ2n) is 8.54. The Kier molecular flexibility index (Phi) is 7.46. The van der Waals surface area contributed by atoms with Gasteiger partial charge in [-0.15, -0.1) is 0 Å². The maximum atomic E-state index is 12.7. The van der Waals surface area contributed by atoms with Crippen LogP contribution in [-0.2, 0) is 12.8 Å². The van der Waals surface area contributed by atoms with Crippen molar-refractivity contribution in [2.45, 2.75) is 33.6 Å². The maximum absolute atomic E-state index is 12.7. The highest BCUT2D eigenvalue weighted by Gasteiger charge is 2.19. The Balaban J connectivity index is 1.30. The molecule has 174 valence electrons. The number of aromatic nitrogens is 2. The third-order valence-electron chi connectivity index (χ3n) is 6.35. The van der Waals surface area contributed by atoms with Crippen LogP contribution in [0.1, 0.15) is 41.2 Å². The first-order valence-electron chi connectivity index (χ1n) is 11.8.